The molecular formula is C29H46N4. The molecule has 0 aliphatic heterocycles. The Labute approximate surface area is 201 Å². The number of unbranched alkanes of at least 4 members (excludes halogenated alkanes) is 4. The molecule has 4 heteroatoms. The SMILES string of the molecule is NCCCCc1c(CCCCN)c(CCCCN)c2c(c1CCCCN)Cc1ccccc1-2. The summed E-state index contributed by atoms with van der Waals surface area (Å²) in [6.45, 7) is 3.07. The summed E-state index contributed by atoms with van der Waals surface area (Å²) in [6.07, 6.45) is 14.6. The van der Waals surface area contributed by atoms with Gasteiger partial charge in [0.15, 0.2) is 0 Å². The van der Waals surface area contributed by atoms with Gasteiger partial charge in [-0.3, -0.25) is 0 Å². The van der Waals surface area contributed by atoms with Crippen LogP contribution >= 0.6 is 0 Å². The maximum atomic E-state index is 5.89. The van der Waals surface area contributed by atoms with Gasteiger partial charge < -0.3 is 22.9 Å². The molecule has 0 unspecified atom stereocenters. The Balaban J connectivity index is 2.17. The number of hydrogen-bond donors (Lipinski definition) is 4. The van der Waals surface area contributed by atoms with Crippen LogP contribution in [0.1, 0.15) is 84.7 Å². The van der Waals surface area contributed by atoms with Gasteiger partial charge in [0.1, 0.15) is 0 Å². The Morgan fingerprint density at radius 2 is 0.970 bits per heavy atom. The van der Waals surface area contributed by atoms with Crippen LogP contribution in [0.3, 0.4) is 0 Å². The standard InChI is InChI=1S/C29H46N4/c30-17-7-3-13-24-25(14-4-8-18-31)27(16-6-10-20-33)29-23-12-2-1-11-22(23)21-28(29)26(24)15-5-9-19-32/h1-2,11-12H,3-10,13-21,30-33H2. The minimum absolute atomic E-state index is 0.766. The van der Waals surface area contributed by atoms with Crippen molar-refractivity contribution in [2.24, 2.45) is 22.9 Å². The number of benzene rings is 2. The molecule has 33 heavy (non-hydrogen) atoms. The van der Waals surface area contributed by atoms with E-state index in [1.807, 2.05) is 0 Å². The molecule has 0 spiro atoms. The molecule has 0 heterocycles. The van der Waals surface area contributed by atoms with E-state index in [1.54, 1.807) is 33.4 Å². The summed E-state index contributed by atoms with van der Waals surface area (Å²) >= 11 is 0. The molecule has 0 atom stereocenters. The van der Waals surface area contributed by atoms with E-state index in [1.165, 1.54) is 11.1 Å². The molecule has 1 aliphatic carbocycles. The van der Waals surface area contributed by atoms with Crippen molar-refractivity contribution >= 4 is 0 Å². The van der Waals surface area contributed by atoms with Gasteiger partial charge in [0.25, 0.3) is 0 Å². The Morgan fingerprint density at radius 1 is 0.515 bits per heavy atom. The van der Waals surface area contributed by atoms with Gasteiger partial charge in [-0.25, -0.2) is 0 Å². The first-order chi connectivity index (χ1) is 16.3. The van der Waals surface area contributed by atoms with Crippen LogP contribution in [0, 0.1) is 0 Å². The summed E-state index contributed by atoms with van der Waals surface area (Å²) < 4.78 is 0. The monoisotopic (exact) mass is 450 g/mol. The van der Waals surface area contributed by atoms with Crippen molar-refractivity contribution in [2.75, 3.05) is 26.2 Å². The molecule has 8 N–H and O–H groups in total. The van der Waals surface area contributed by atoms with Gasteiger partial charge in [0.05, 0.1) is 0 Å². The lowest BCUT2D eigenvalue weighted by atomic mass is 9.80. The van der Waals surface area contributed by atoms with Crippen molar-refractivity contribution < 1.29 is 0 Å². The first-order valence-electron chi connectivity index (χ1n) is 13.3. The van der Waals surface area contributed by atoms with Crippen molar-refractivity contribution in [3.63, 3.8) is 0 Å². The van der Waals surface area contributed by atoms with Gasteiger partial charge >= 0.3 is 0 Å². The molecule has 0 saturated heterocycles. The second kappa shape index (κ2) is 13.9. The largest absolute Gasteiger partial charge is 0.330 e. The summed E-state index contributed by atoms with van der Waals surface area (Å²) in [5.74, 6) is 0. The smallest absolute Gasteiger partial charge is 0.00105 e. The third-order valence-electron chi connectivity index (χ3n) is 7.24. The Kier molecular flexibility index (Phi) is 10.9. The first-order valence-corrected chi connectivity index (χ1v) is 13.3. The molecule has 0 bridgehead atoms. The maximum absolute atomic E-state index is 5.89. The fourth-order valence-electron chi connectivity index (χ4n) is 5.63. The lowest BCUT2D eigenvalue weighted by Gasteiger charge is -2.25. The van der Waals surface area contributed by atoms with Gasteiger partial charge in [-0.05, 0) is 154 Å². The van der Waals surface area contributed by atoms with Crippen LogP contribution in [-0.2, 0) is 32.1 Å². The topological polar surface area (TPSA) is 104 Å². The third kappa shape index (κ3) is 6.45. The molecule has 1 aliphatic rings. The number of fused-ring (bicyclic) bond motifs is 3. The maximum Gasteiger partial charge on any atom is -0.00105 e. The molecule has 0 aromatic heterocycles. The van der Waals surface area contributed by atoms with Crippen molar-refractivity contribution in [3.8, 4) is 11.1 Å². The van der Waals surface area contributed by atoms with E-state index in [9.17, 15) is 0 Å². The second-order valence-corrected chi connectivity index (χ2v) is 9.58. The highest BCUT2D eigenvalue weighted by Crippen LogP contribution is 2.45. The summed E-state index contributed by atoms with van der Waals surface area (Å²) in [5.41, 5.74) is 36.1. The second-order valence-electron chi connectivity index (χ2n) is 9.58. The van der Waals surface area contributed by atoms with Crippen LogP contribution in [0.5, 0.6) is 0 Å². The minimum atomic E-state index is 0.766. The number of nitrogens with two attached hydrogens (primary N) is 4. The van der Waals surface area contributed by atoms with Crippen molar-refractivity contribution in [2.45, 2.75) is 83.5 Å². The molecule has 2 aromatic rings. The predicted octanol–water partition coefficient (Wildman–Crippen LogP) is 4.38. The van der Waals surface area contributed by atoms with Gasteiger partial charge in [-0.15, -0.1) is 0 Å². The van der Waals surface area contributed by atoms with Crippen LogP contribution in [0.15, 0.2) is 24.3 Å². The quantitative estimate of drug-likeness (QED) is 0.243. The summed E-state index contributed by atoms with van der Waals surface area (Å²) in [5, 5.41) is 0. The van der Waals surface area contributed by atoms with Crippen LogP contribution in [0.2, 0.25) is 0 Å². The van der Waals surface area contributed by atoms with Gasteiger partial charge in [-0.1, -0.05) is 24.3 Å². The summed E-state index contributed by atoms with van der Waals surface area (Å²) in [7, 11) is 0. The van der Waals surface area contributed by atoms with Gasteiger partial charge in [0, 0.05) is 0 Å². The fraction of sp³-hybridized carbons (Fsp3) is 0.586. The van der Waals surface area contributed by atoms with Crippen molar-refractivity contribution in [1.29, 1.82) is 0 Å². The first kappa shape index (κ1) is 25.9. The average molecular weight is 451 g/mol. The zero-order valence-corrected chi connectivity index (χ0v) is 20.6. The van der Waals surface area contributed by atoms with Gasteiger partial charge in [-0.2, -0.15) is 0 Å². The van der Waals surface area contributed by atoms with E-state index in [0.717, 1.165) is 110 Å². The lowest BCUT2D eigenvalue weighted by Crippen LogP contribution is -2.13. The van der Waals surface area contributed by atoms with E-state index >= 15 is 0 Å². The van der Waals surface area contributed by atoms with E-state index in [-0.39, 0.29) is 0 Å². The third-order valence-corrected chi connectivity index (χ3v) is 7.24. The van der Waals surface area contributed by atoms with E-state index in [0.29, 0.717) is 0 Å². The van der Waals surface area contributed by atoms with E-state index in [2.05, 4.69) is 24.3 Å². The Hall–Kier alpha value is -1.72. The highest BCUT2D eigenvalue weighted by atomic mass is 14.5. The molecule has 2 aromatic carbocycles. The summed E-state index contributed by atoms with van der Waals surface area (Å²) in [6, 6.07) is 9.06. The van der Waals surface area contributed by atoms with Crippen LogP contribution < -0.4 is 22.9 Å². The highest BCUT2D eigenvalue weighted by molar-refractivity contribution is 5.83. The summed E-state index contributed by atoms with van der Waals surface area (Å²) in [4.78, 5) is 0. The molecule has 182 valence electrons. The zero-order chi connectivity index (χ0) is 23.5. The van der Waals surface area contributed by atoms with Crippen LogP contribution in [0.4, 0.5) is 0 Å². The molecule has 0 radical (unpaired) electrons. The molecular weight excluding hydrogens is 404 g/mol. The lowest BCUT2D eigenvalue weighted by molar-refractivity contribution is 0.685. The van der Waals surface area contributed by atoms with Crippen LogP contribution in [-0.4, -0.2) is 26.2 Å². The zero-order valence-electron chi connectivity index (χ0n) is 20.6. The van der Waals surface area contributed by atoms with Gasteiger partial charge in [0.2, 0.25) is 0 Å². The molecule has 4 nitrogen and oxygen atoms in total. The molecule has 0 saturated carbocycles. The van der Waals surface area contributed by atoms with Crippen LogP contribution in [0.25, 0.3) is 11.1 Å². The Bertz CT molecular complexity index is 874. The van der Waals surface area contributed by atoms with E-state index in [4.69, 9.17) is 22.9 Å². The highest BCUT2D eigenvalue weighted by Gasteiger charge is 2.28. The predicted molar refractivity (Wildman–Crippen MR) is 143 cm³/mol. The Morgan fingerprint density at radius 3 is 1.52 bits per heavy atom. The van der Waals surface area contributed by atoms with Crippen molar-refractivity contribution in [3.05, 3.63) is 57.6 Å². The average Bonchev–Trinajstić information content (AvgIpc) is 3.21. The minimum Gasteiger partial charge on any atom is -0.330 e. The number of hydrogen-bond acceptors (Lipinski definition) is 4. The molecule has 0 fully saturated rings. The van der Waals surface area contributed by atoms with Crippen molar-refractivity contribution in [1.82, 2.24) is 0 Å². The molecule has 3 rings (SSSR count). The normalized spacial score (nSPS) is 12.2. The van der Waals surface area contributed by atoms with E-state index < -0.39 is 0 Å². The molecule has 0 amide bonds. The fourth-order valence-corrected chi connectivity index (χ4v) is 5.63. The number of rotatable bonds is 16.